The number of ketones is 1. The van der Waals surface area contributed by atoms with Crippen LogP contribution < -0.4 is 5.73 Å². The van der Waals surface area contributed by atoms with Gasteiger partial charge in [0.25, 0.3) is 0 Å². The van der Waals surface area contributed by atoms with E-state index in [0.717, 1.165) is 11.1 Å². The molecule has 4 heteroatoms. The molecule has 0 fully saturated rings. The molecule has 0 saturated carbocycles. The number of carbonyl (C=O) groups excluding carboxylic acids is 1. The molecular formula is C16H13FN2O. The van der Waals surface area contributed by atoms with Gasteiger partial charge in [0.05, 0.1) is 17.3 Å². The number of carbonyl (C=O) groups is 1. The molecule has 1 aromatic rings. The Hall–Kier alpha value is -2.33. The molecule has 1 aromatic carbocycles. The van der Waals surface area contributed by atoms with E-state index in [2.05, 4.69) is 4.99 Å². The molecule has 1 unspecified atom stereocenters. The minimum absolute atomic E-state index is 0.0144. The number of rotatable bonds is 2. The number of hydrogen-bond acceptors (Lipinski definition) is 3. The van der Waals surface area contributed by atoms with Crippen LogP contribution in [0.15, 0.2) is 59.3 Å². The maximum absolute atomic E-state index is 12.9. The third-order valence-electron chi connectivity index (χ3n) is 3.37. The van der Waals surface area contributed by atoms with Crippen molar-refractivity contribution in [2.75, 3.05) is 6.54 Å². The van der Waals surface area contributed by atoms with Crippen molar-refractivity contribution in [3.63, 3.8) is 0 Å². The monoisotopic (exact) mass is 268 g/mol. The lowest BCUT2D eigenvalue weighted by Crippen LogP contribution is -2.26. The quantitative estimate of drug-likeness (QED) is 0.894. The van der Waals surface area contributed by atoms with E-state index in [1.165, 1.54) is 18.2 Å². The van der Waals surface area contributed by atoms with Crippen LogP contribution in [-0.4, -0.2) is 18.0 Å². The number of fused-ring (bicyclic) bond motifs is 1. The van der Waals surface area contributed by atoms with Crippen molar-refractivity contribution < 1.29 is 9.18 Å². The van der Waals surface area contributed by atoms with E-state index < -0.39 is 0 Å². The highest BCUT2D eigenvalue weighted by Crippen LogP contribution is 2.27. The first-order chi connectivity index (χ1) is 9.67. The first-order valence-electron chi connectivity index (χ1n) is 6.36. The number of halogens is 1. The normalized spacial score (nSPS) is 21.0. The van der Waals surface area contributed by atoms with Crippen LogP contribution in [0.5, 0.6) is 0 Å². The predicted octanol–water partition coefficient (Wildman–Crippen LogP) is 2.26. The highest BCUT2D eigenvalue weighted by molar-refractivity contribution is 6.20. The summed E-state index contributed by atoms with van der Waals surface area (Å²) in [6.07, 6.45) is 7.06. The maximum atomic E-state index is 12.9. The van der Waals surface area contributed by atoms with E-state index in [9.17, 15) is 9.18 Å². The van der Waals surface area contributed by atoms with Crippen LogP contribution in [-0.2, 0) is 4.79 Å². The van der Waals surface area contributed by atoms with Crippen LogP contribution in [0.3, 0.4) is 0 Å². The van der Waals surface area contributed by atoms with E-state index >= 15 is 0 Å². The standard InChI is InChI=1S/C16H13FN2O/c17-12-4-1-10(2-5-12)11-3-6-15-14(7-11)16(20)8-13(9-18)19-15/h1-8,14H,9,18H2. The Balaban J connectivity index is 1.95. The first kappa shape index (κ1) is 12.7. The van der Waals surface area contributed by atoms with Crippen LogP contribution in [0.4, 0.5) is 4.39 Å². The third-order valence-corrected chi connectivity index (χ3v) is 3.37. The van der Waals surface area contributed by atoms with Crippen molar-refractivity contribution in [1.29, 1.82) is 0 Å². The first-order valence-corrected chi connectivity index (χ1v) is 6.36. The van der Waals surface area contributed by atoms with Crippen LogP contribution in [0.1, 0.15) is 5.56 Å². The molecule has 1 aliphatic heterocycles. The highest BCUT2D eigenvalue weighted by atomic mass is 19.1. The summed E-state index contributed by atoms with van der Waals surface area (Å²) in [6, 6.07) is 6.20. The molecule has 3 rings (SSSR count). The van der Waals surface area contributed by atoms with Crippen molar-refractivity contribution in [3.8, 4) is 0 Å². The summed E-state index contributed by atoms with van der Waals surface area (Å²) in [5.41, 5.74) is 8.60. The summed E-state index contributed by atoms with van der Waals surface area (Å²) in [5.74, 6) is -0.657. The van der Waals surface area contributed by atoms with Crippen LogP contribution in [0, 0.1) is 11.7 Å². The Labute approximate surface area is 116 Å². The summed E-state index contributed by atoms with van der Waals surface area (Å²) in [6.45, 7) is 0.254. The van der Waals surface area contributed by atoms with Gasteiger partial charge < -0.3 is 5.73 Å². The Morgan fingerprint density at radius 2 is 1.95 bits per heavy atom. The molecule has 2 N–H and O–H groups in total. The number of nitrogens with zero attached hydrogens (tertiary/aromatic N) is 1. The Morgan fingerprint density at radius 1 is 1.20 bits per heavy atom. The summed E-state index contributed by atoms with van der Waals surface area (Å²) >= 11 is 0. The smallest absolute Gasteiger partial charge is 0.170 e. The second-order valence-electron chi connectivity index (χ2n) is 4.72. The second kappa shape index (κ2) is 4.98. The molecule has 0 aromatic heterocycles. The lowest BCUT2D eigenvalue weighted by molar-refractivity contribution is -0.115. The number of benzene rings is 1. The van der Waals surface area contributed by atoms with Gasteiger partial charge in [-0.05, 0) is 29.3 Å². The van der Waals surface area contributed by atoms with Crippen molar-refractivity contribution in [3.05, 3.63) is 65.6 Å². The van der Waals surface area contributed by atoms with E-state index in [4.69, 9.17) is 5.73 Å². The third kappa shape index (κ3) is 2.26. The fourth-order valence-corrected chi connectivity index (χ4v) is 2.33. The van der Waals surface area contributed by atoms with Crippen LogP contribution in [0.2, 0.25) is 0 Å². The highest BCUT2D eigenvalue weighted by Gasteiger charge is 2.26. The SMILES string of the molecule is NCC1=CC(=O)C2C=C(c3ccc(F)cc3)C=CC2=N1. The minimum Gasteiger partial charge on any atom is -0.325 e. The van der Waals surface area contributed by atoms with Gasteiger partial charge in [-0.3, -0.25) is 9.79 Å². The average Bonchev–Trinajstić information content (AvgIpc) is 2.47. The van der Waals surface area contributed by atoms with Gasteiger partial charge in [-0.1, -0.05) is 24.3 Å². The van der Waals surface area contributed by atoms with Crippen molar-refractivity contribution in [2.24, 2.45) is 16.6 Å². The van der Waals surface area contributed by atoms with Crippen LogP contribution in [0.25, 0.3) is 5.57 Å². The molecule has 1 heterocycles. The van der Waals surface area contributed by atoms with Crippen LogP contribution >= 0.6 is 0 Å². The minimum atomic E-state index is -0.365. The molecule has 100 valence electrons. The fourth-order valence-electron chi connectivity index (χ4n) is 2.33. The Morgan fingerprint density at radius 3 is 2.65 bits per heavy atom. The van der Waals surface area contributed by atoms with Crippen molar-refractivity contribution in [2.45, 2.75) is 0 Å². The molecule has 2 aliphatic rings. The van der Waals surface area contributed by atoms with E-state index in [0.29, 0.717) is 11.4 Å². The summed E-state index contributed by atoms with van der Waals surface area (Å²) in [7, 11) is 0. The van der Waals surface area contributed by atoms with E-state index in [1.807, 2.05) is 18.2 Å². The molecule has 1 atom stereocenters. The van der Waals surface area contributed by atoms with Gasteiger partial charge in [-0.15, -0.1) is 0 Å². The zero-order chi connectivity index (χ0) is 14.1. The number of allylic oxidation sites excluding steroid dienone is 5. The van der Waals surface area contributed by atoms with Gasteiger partial charge >= 0.3 is 0 Å². The van der Waals surface area contributed by atoms with Gasteiger partial charge in [-0.2, -0.15) is 0 Å². The summed E-state index contributed by atoms with van der Waals surface area (Å²) < 4.78 is 12.9. The van der Waals surface area contributed by atoms with Gasteiger partial charge in [0, 0.05) is 12.6 Å². The van der Waals surface area contributed by atoms with Gasteiger partial charge in [0.15, 0.2) is 5.78 Å². The van der Waals surface area contributed by atoms with Gasteiger partial charge in [0.1, 0.15) is 5.82 Å². The number of nitrogens with two attached hydrogens (primary N) is 1. The van der Waals surface area contributed by atoms with E-state index in [-0.39, 0.29) is 24.1 Å². The molecule has 0 bridgehead atoms. The topological polar surface area (TPSA) is 55.5 Å². The molecule has 1 aliphatic carbocycles. The maximum Gasteiger partial charge on any atom is 0.170 e. The predicted molar refractivity (Wildman–Crippen MR) is 76.6 cm³/mol. The zero-order valence-corrected chi connectivity index (χ0v) is 10.7. The molecule has 3 nitrogen and oxygen atoms in total. The summed E-state index contributed by atoms with van der Waals surface area (Å²) in [5, 5.41) is 0. The lowest BCUT2D eigenvalue weighted by atomic mass is 9.86. The lowest BCUT2D eigenvalue weighted by Gasteiger charge is -2.21. The summed E-state index contributed by atoms with van der Waals surface area (Å²) in [4.78, 5) is 16.4. The number of hydrogen-bond donors (Lipinski definition) is 1. The van der Waals surface area contributed by atoms with Crippen molar-refractivity contribution >= 4 is 17.1 Å². The van der Waals surface area contributed by atoms with E-state index in [1.54, 1.807) is 12.1 Å². The van der Waals surface area contributed by atoms with Gasteiger partial charge in [0.2, 0.25) is 0 Å². The Bertz CT molecular complexity index is 681. The Kier molecular flexibility index (Phi) is 3.16. The second-order valence-corrected chi connectivity index (χ2v) is 4.72. The van der Waals surface area contributed by atoms with Crippen molar-refractivity contribution in [1.82, 2.24) is 0 Å². The largest absolute Gasteiger partial charge is 0.325 e. The molecular weight excluding hydrogens is 255 g/mol. The fraction of sp³-hybridized carbons (Fsp3) is 0.125. The molecule has 0 radical (unpaired) electrons. The molecule has 20 heavy (non-hydrogen) atoms. The zero-order valence-electron chi connectivity index (χ0n) is 10.7. The molecule has 0 saturated heterocycles. The van der Waals surface area contributed by atoms with Gasteiger partial charge in [-0.25, -0.2) is 4.39 Å². The molecule has 0 spiro atoms. The number of aliphatic imine (C=N–C) groups is 1. The molecule has 0 amide bonds. The average molecular weight is 268 g/mol.